The first kappa shape index (κ1) is 10.3. The van der Waals surface area contributed by atoms with Crippen molar-refractivity contribution >= 4 is 28.6 Å². The summed E-state index contributed by atoms with van der Waals surface area (Å²) in [4.78, 5) is 11.6. The van der Waals surface area contributed by atoms with Crippen LogP contribution in [0.5, 0.6) is 0 Å². The first-order valence-corrected chi connectivity index (χ1v) is 5.60. The van der Waals surface area contributed by atoms with E-state index in [1.54, 1.807) is 22.9 Å². The van der Waals surface area contributed by atoms with Crippen molar-refractivity contribution in [3.63, 3.8) is 0 Å². The van der Waals surface area contributed by atoms with Crippen molar-refractivity contribution < 1.29 is 0 Å². The predicted octanol–water partition coefficient (Wildman–Crippen LogP) is 2.19. The van der Waals surface area contributed by atoms with Crippen LogP contribution < -0.4 is 11.3 Å². The molecule has 0 aliphatic heterocycles. The van der Waals surface area contributed by atoms with E-state index >= 15 is 0 Å². The molecule has 0 radical (unpaired) electrons. The Bertz CT molecular complexity index is 532. The highest BCUT2D eigenvalue weighted by molar-refractivity contribution is 7.14. The van der Waals surface area contributed by atoms with Gasteiger partial charge in [-0.15, -0.1) is 11.3 Å². The van der Waals surface area contributed by atoms with Gasteiger partial charge in [-0.25, -0.2) is 0 Å². The number of nitrogens with zero attached hydrogens (tertiary/aromatic N) is 1. The molecule has 0 amide bonds. The van der Waals surface area contributed by atoms with E-state index in [9.17, 15) is 4.79 Å². The molecule has 0 spiro atoms. The average Bonchev–Trinajstić information content (AvgIpc) is 2.59. The molecule has 2 N–H and O–H groups in total. The normalized spacial score (nSPS) is 10.5. The number of hydrogen-bond donors (Lipinski definition) is 1. The zero-order chi connectivity index (χ0) is 10.8. The lowest BCUT2D eigenvalue weighted by molar-refractivity contribution is 0.765. The van der Waals surface area contributed by atoms with Gasteiger partial charge in [0.05, 0.1) is 16.6 Å². The van der Waals surface area contributed by atoms with Crippen LogP contribution in [0.25, 0.3) is 0 Å². The Hall–Kier alpha value is -1.26. The van der Waals surface area contributed by atoms with E-state index in [1.165, 1.54) is 11.3 Å². The number of hydrogen-bond acceptors (Lipinski definition) is 3. The Balaban J connectivity index is 2.32. The minimum absolute atomic E-state index is 0.167. The quantitative estimate of drug-likeness (QED) is 0.875. The number of rotatable bonds is 2. The monoisotopic (exact) mass is 240 g/mol. The van der Waals surface area contributed by atoms with Gasteiger partial charge in [0.15, 0.2) is 0 Å². The van der Waals surface area contributed by atoms with Crippen molar-refractivity contribution in [2.45, 2.75) is 6.54 Å². The summed E-state index contributed by atoms with van der Waals surface area (Å²) in [6.45, 7) is 0.507. The number of nitrogens with two attached hydrogens (primary N) is 1. The molecule has 15 heavy (non-hydrogen) atoms. The molecule has 0 aliphatic rings. The molecule has 0 fully saturated rings. The van der Waals surface area contributed by atoms with E-state index < -0.39 is 0 Å². The standard InChI is InChI=1S/C10H9ClN2OS/c11-9-4-7(6-15-9)5-13-3-1-2-8(12)10(13)14/h1-4,6H,5,12H2. The van der Waals surface area contributed by atoms with Crippen LogP contribution in [0.1, 0.15) is 5.56 Å². The van der Waals surface area contributed by atoms with Gasteiger partial charge in [-0.2, -0.15) is 0 Å². The second-order valence-corrected chi connectivity index (χ2v) is 4.70. The van der Waals surface area contributed by atoms with Crippen LogP contribution in [0, 0.1) is 0 Å². The maximum absolute atomic E-state index is 11.6. The second-order valence-electron chi connectivity index (χ2n) is 3.16. The lowest BCUT2D eigenvalue weighted by Crippen LogP contribution is -2.22. The zero-order valence-electron chi connectivity index (χ0n) is 7.81. The molecule has 2 aromatic rings. The third kappa shape index (κ3) is 2.22. The minimum atomic E-state index is -0.167. The fourth-order valence-corrected chi connectivity index (χ4v) is 2.21. The lowest BCUT2D eigenvalue weighted by atomic mass is 10.3. The predicted molar refractivity (Wildman–Crippen MR) is 63.5 cm³/mol. The molecule has 5 heteroatoms. The van der Waals surface area contributed by atoms with Gasteiger partial charge in [0, 0.05) is 6.20 Å². The summed E-state index contributed by atoms with van der Waals surface area (Å²) in [7, 11) is 0. The Morgan fingerprint density at radius 1 is 1.53 bits per heavy atom. The molecule has 0 atom stereocenters. The van der Waals surface area contributed by atoms with Crippen molar-refractivity contribution in [1.29, 1.82) is 0 Å². The Morgan fingerprint density at radius 2 is 2.33 bits per heavy atom. The van der Waals surface area contributed by atoms with Gasteiger partial charge in [-0.1, -0.05) is 11.6 Å². The summed E-state index contributed by atoms with van der Waals surface area (Å²) in [6, 6.07) is 5.20. The Morgan fingerprint density at radius 3 is 3.00 bits per heavy atom. The van der Waals surface area contributed by atoms with Crippen molar-refractivity contribution in [3.05, 3.63) is 50.0 Å². The summed E-state index contributed by atoms with van der Waals surface area (Å²) in [5.74, 6) is 0. The largest absolute Gasteiger partial charge is 0.394 e. The molecule has 2 rings (SSSR count). The van der Waals surface area contributed by atoms with E-state index in [1.807, 2.05) is 11.4 Å². The highest BCUT2D eigenvalue weighted by Crippen LogP contribution is 2.20. The van der Waals surface area contributed by atoms with Gasteiger partial charge in [-0.3, -0.25) is 4.79 Å². The first-order valence-electron chi connectivity index (χ1n) is 4.34. The van der Waals surface area contributed by atoms with Crippen LogP contribution in [-0.4, -0.2) is 4.57 Å². The van der Waals surface area contributed by atoms with Gasteiger partial charge in [-0.05, 0) is 29.1 Å². The lowest BCUT2D eigenvalue weighted by Gasteiger charge is -2.03. The van der Waals surface area contributed by atoms with E-state index in [4.69, 9.17) is 17.3 Å². The summed E-state index contributed by atoms with van der Waals surface area (Å²) in [5.41, 5.74) is 6.63. The molecule has 0 aromatic carbocycles. The summed E-state index contributed by atoms with van der Waals surface area (Å²) >= 11 is 7.26. The van der Waals surface area contributed by atoms with E-state index in [0.29, 0.717) is 6.54 Å². The second kappa shape index (κ2) is 4.08. The molecule has 0 unspecified atom stereocenters. The Kier molecular flexibility index (Phi) is 2.79. The van der Waals surface area contributed by atoms with Crippen molar-refractivity contribution in [1.82, 2.24) is 4.57 Å². The molecule has 3 nitrogen and oxygen atoms in total. The molecule has 78 valence electrons. The fraction of sp³-hybridized carbons (Fsp3) is 0.100. The Labute approximate surface area is 95.7 Å². The highest BCUT2D eigenvalue weighted by Gasteiger charge is 2.02. The van der Waals surface area contributed by atoms with E-state index in [2.05, 4.69) is 0 Å². The van der Waals surface area contributed by atoms with Crippen LogP contribution in [0.3, 0.4) is 0 Å². The van der Waals surface area contributed by atoms with Crippen LogP contribution >= 0.6 is 22.9 Å². The van der Waals surface area contributed by atoms with E-state index in [-0.39, 0.29) is 11.2 Å². The van der Waals surface area contributed by atoms with Crippen LogP contribution in [0.4, 0.5) is 5.69 Å². The number of halogens is 1. The van der Waals surface area contributed by atoms with Gasteiger partial charge in [0.2, 0.25) is 0 Å². The molecule has 2 aromatic heterocycles. The van der Waals surface area contributed by atoms with Crippen molar-refractivity contribution in [2.24, 2.45) is 0 Å². The van der Waals surface area contributed by atoms with Crippen molar-refractivity contribution in [2.75, 3.05) is 5.73 Å². The average molecular weight is 241 g/mol. The molecular weight excluding hydrogens is 232 g/mol. The summed E-state index contributed by atoms with van der Waals surface area (Å²) in [6.07, 6.45) is 1.71. The number of pyridine rings is 1. The number of anilines is 1. The van der Waals surface area contributed by atoms with Crippen LogP contribution in [0.2, 0.25) is 4.34 Å². The summed E-state index contributed by atoms with van der Waals surface area (Å²) in [5, 5.41) is 1.93. The molecular formula is C10H9ClN2OS. The first-order chi connectivity index (χ1) is 7.16. The molecule has 0 saturated carbocycles. The van der Waals surface area contributed by atoms with Crippen molar-refractivity contribution in [3.8, 4) is 0 Å². The minimum Gasteiger partial charge on any atom is -0.394 e. The number of nitrogen functional groups attached to an aromatic ring is 1. The molecule has 0 aliphatic carbocycles. The number of thiophene rings is 1. The van der Waals surface area contributed by atoms with Gasteiger partial charge in [0.25, 0.3) is 5.56 Å². The van der Waals surface area contributed by atoms with Crippen LogP contribution in [-0.2, 0) is 6.54 Å². The third-order valence-corrected chi connectivity index (χ3v) is 3.16. The fourth-order valence-electron chi connectivity index (χ4n) is 1.31. The summed E-state index contributed by atoms with van der Waals surface area (Å²) < 4.78 is 2.29. The SMILES string of the molecule is Nc1cccn(Cc2csc(Cl)c2)c1=O. The molecule has 2 heterocycles. The van der Waals surface area contributed by atoms with Gasteiger partial charge in [0.1, 0.15) is 0 Å². The highest BCUT2D eigenvalue weighted by atomic mass is 35.5. The smallest absolute Gasteiger partial charge is 0.273 e. The van der Waals surface area contributed by atoms with Gasteiger partial charge >= 0.3 is 0 Å². The maximum Gasteiger partial charge on any atom is 0.273 e. The van der Waals surface area contributed by atoms with E-state index in [0.717, 1.165) is 9.90 Å². The molecule has 0 bridgehead atoms. The van der Waals surface area contributed by atoms with Gasteiger partial charge < -0.3 is 10.3 Å². The maximum atomic E-state index is 11.6. The number of aromatic nitrogens is 1. The third-order valence-electron chi connectivity index (χ3n) is 2.02. The topological polar surface area (TPSA) is 48.0 Å². The van der Waals surface area contributed by atoms with Crippen LogP contribution in [0.15, 0.2) is 34.6 Å². The zero-order valence-corrected chi connectivity index (χ0v) is 9.39. The molecule has 0 saturated heterocycles.